The van der Waals surface area contributed by atoms with Crippen molar-refractivity contribution < 1.29 is 4.74 Å². The Morgan fingerprint density at radius 2 is 2.07 bits per heavy atom. The van der Waals surface area contributed by atoms with E-state index < -0.39 is 0 Å². The molecule has 1 rings (SSSR count). The summed E-state index contributed by atoms with van der Waals surface area (Å²) in [5.41, 5.74) is 2.64. The third-order valence-electron chi connectivity index (χ3n) is 2.31. The predicted octanol–water partition coefficient (Wildman–Crippen LogP) is 4.07. The largest absolute Gasteiger partial charge is 0.494 e. The van der Waals surface area contributed by atoms with Crippen LogP contribution in [0.15, 0.2) is 24.3 Å². The highest BCUT2D eigenvalue weighted by Gasteiger charge is 2.00. The van der Waals surface area contributed by atoms with Crippen LogP contribution < -0.4 is 4.74 Å². The summed E-state index contributed by atoms with van der Waals surface area (Å²) in [7, 11) is 0. The fourth-order valence-electron chi connectivity index (χ4n) is 1.54. The lowest BCUT2D eigenvalue weighted by Crippen LogP contribution is -1.96. The van der Waals surface area contributed by atoms with Gasteiger partial charge in [0.15, 0.2) is 0 Å². The van der Waals surface area contributed by atoms with Crippen LogP contribution in [0.25, 0.3) is 6.08 Å². The second-order valence-electron chi connectivity index (χ2n) is 3.56. The molecule has 0 saturated heterocycles. The summed E-state index contributed by atoms with van der Waals surface area (Å²) in [5.74, 6) is 0.988. The molecule has 0 heterocycles. The van der Waals surface area contributed by atoms with Crippen molar-refractivity contribution in [2.24, 2.45) is 0 Å². The van der Waals surface area contributed by atoms with E-state index in [0.29, 0.717) is 0 Å². The van der Waals surface area contributed by atoms with Crippen molar-refractivity contribution in [3.63, 3.8) is 0 Å². The van der Waals surface area contributed by atoms with Crippen LogP contribution in [0.5, 0.6) is 5.75 Å². The quantitative estimate of drug-likeness (QED) is 0.702. The van der Waals surface area contributed by atoms with Gasteiger partial charge in [-0.2, -0.15) is 0 Å². The van der Waals surface area contributed by atoms with Gasteiger partial charge in [0.05, 0.1) is 6.61 Å². The molecule has 0 aliphatic heterocycles. The Labute approximate surface area is 92.8 Å². The zero-order chi connectivity index (χ0) is 11.1. The Morgan fingerprint density at radius 3 is 2.67 bits per heavy atom. The number of allylic oxidation sites excluding steroid dienone is 1. The number of hydrogen-bond acceptors (Lipinski definition) is 1. The molecule has 0 atom stereocenters. The topological polar surface area (TPSA) is 9.23 Å². The highest BCUT2D eigenvalue weighted by atomic mass is 16.5. The average Bonchev–Trinajstić information content (AvgIpc) is 2.28. The summed E-state index contributed by atoms with van der Waals surface area (Å²) in [4.78, 5) is 0. The minimum Gasteiger partial charge on any atom is -0.494 e. The fraction of sp³-hybridized carbons (Fsp3) is 0.429. The normalized spacial score (nSPS) is 10.9. The Balaban J connectivity index is 2.86. The lowest BCUT2D eigenvalue weighted by atomic mass is 10.0. The van der Waals surface area contributed by atoms with Gasteiger partial charge in [-0.1, -0.05) is 32.1 Å². The van der Waals surface area contributed by atoms with Crippen LogP contribution >= 0.6 is 0 Å². The van der Waals surface area contributed by atoms with E-state index in [1.807, 2.05) is 13.0 Å². The first kappa shape index (κ1) is 11.8. The molecule has 0 radical (unpaired) electrons. The maximum Gasteiger partial charge on any atom is 0.119 e. The van der Waals surface area contributed by atoms with Gasteiger partial charge in [0.25, 0.3) is 0 Å². The van der Waals surface area contributed by atoms with Crippen LogP contribution in [-0.2, 0) is 6.42 Å². The van der Waals surface area contributed by atoms with Crippen molar-refractivity contribution in [3.05, 3.63) is 35.4 Å². The third kappa shape index (κ3) is 3.43. The highest BCUT2D eigenvalue weighted by molar-refractivity contribution is 5.55. The van der Waals surface area contributed by atoms with Crippen molar-refractivity contribution in [1.29, 1.82) is 0 Å². The first-order chi connectivity index (χ1) is 7.31. The summed E-state index contributed by atoms with van der Waals surface area (Å²) in [5, 5.41) is 0. The summed E-state index contributed by atoms with van der Waals surface area (Å²) in [6.45, 7) is 7.13. The molecule has 0 amide bonds. The Hall–Kier alpha value is -1.24. The maximum absolute atomic E-state index is 5.61. The molecule has 1 nitrogen and oxygen atoms in total. The molecule has 0 spiro atoms. The molecule has 0 bridgehead atoms. The predicted molar refractivity (Wildman–Crippen MR) is 66.3 cm³/mol. The molecule has 15 heavy (non-hydrogen) atoms. The van der Waals surface area contributed by atoms with Crippen LogP contribution in [0, 0.1) is 0 Å². The average molecular weight is 204 g/mol. The molecule has 1 aromatic rings. The summed E-state index contributed by atoms with van der Waals surface area (Å²) in [6.07, 6.45) is 6.31. The van der Waals surface area contributed by atoms with Gasteiger partial charge in [0.2, 0.25) is 0 Å². The van der Waals surface area contributed by atoms with E-state index in [4.69, 9.17) is 4.74 Å². The van der Waals surface area contributed by atoms with E-state index in [1.165, 1.54) is 11.1 Å². The first-order valence-electron chi connectivity index (χ1n) is 5.70. The molecule has 0 saturated carbocycles. The summed E-state index contributed by atoms with van der Waals surface area (Å²) in [6, 6.07) is 6.32. The molecule has 0 N–H and O–H groups in total. The van der Waals surface area contributed by atoms with Gasteiger partial charge in [-0.3, -0.25) is 0 Å². The minimum absolute atomic E-state index is 0.798. The molecule has 1 aromatic carbocycles. The van der Waals surface area contributed by atoms with Crippen molar-refractivity contribution in [2.75, 3.05) is 6.61 Å². The van der Waals surface area contributed by atoms with Crippen LogP contribution in [0.3, 0.4) is 0 Å². The number of aryl methyl sites for hydroxylation is 1. The van der Waals surface area contributed by atoms with Crippen LogP contribution in [-0.4, -0.2) is 6.61 Å². The summed E-state index contributed by atoms with van der Waals surface area (Å²) < 4.78 is 5.61. The lowest BCUT2D eigenvalue weighted by Gasteiger charge is -2.08. The monoisotopic (exact) mass is 204 g/mol. The van der Waals surface area contributed by atoms with Gasteiger partial charge in [-0.05, 0) is 43.0 Å². The molecule has 0 aliphatic carbocycles. The van der Waals surface area contributed by atoms with Gasteiger partial charge in [-0.15, -0.1) is 0 Å². The number of hydrogen-bond donors (Lipinski definition) is 0. The second-order valence-corrected chi connectivity index (χ2v) is 3.56. The van der Waals surface area contributed by atoms with E-state index >= 15 is 0 Å². The Bertz CT molecular complexity index is 326. The zero-order valence-electron chi connectivity index (χ0n) is 9.92. The van der Waals surface area contributed by atoms with Gasteiger partial charge >= 0.3 is 0 Å². The van der Waals surface area contributed by atoms with Crippen molar-refractivity contribution >= 4 is 6.08 Å². The molecule has 0 fully saturated rings. The summed E-state index contributed by atoms with van der Waals surface area (Å²) >= 11 is 0. The Morgan fingerprint density at radius 1 is 1.27 bits per heavy atom. The number of benzene rings is 1. The van der Waals surface area contributed by atoms with E-state index in [9.17, 15) is 0 Å². The van der Waals surface area contributed by atoms with Crippen molar-refractivity contribution in [2.45, 2.75) is 33.6 Å². The molecule has 0 aliphatic rings. The van der Waals surface area contributed by atoms with Gasteiger partial charge in [-0.25, -0.2) is 0 Å². The van der Waals surface area contributed by atoms with E-state index in [-0.39, 0.29) is 0 Å². The van der Waals surface area contributed by atoms with Crippen molar-refractivity contribution in [3.8, 4) is 5.75 Å². The van der Waals surface area contributed by atoms with E-state index in [1.54, 1.807) is 0 Å². The van der Waals surface area contributed by atoms with Gasteiger partial charge in [0, 0.05) is 0 Å². The molecule has 82 valence electrons. The SMILES string of the molecule is C/C=C\c1ccc(OCCC)cc1CC. The fourth-order valence-corrected chi connectivity index (χ4v) is 1.54. The molecule has 0 aromatic heterocycles. The van der Waals surface area contributed by atoms with E-state index in [0.717, 1.165) is 25.2 Å². The minimum atomic E-state index is 0.798. The number of rotatable bonds is 5. The number of ether oxygens (including phenoxy) is 1. The standard InChI is InChI=1S/C14H20O/c1-4-7-13-8-9-14(15-10-5-2)11-12(13)6-3/h4,7-9,11H,5-6,10H2,1-3H3/b7-4-. The zero-order valence-corrected chi connectivity index (χ0v) is 9.92. The lowest BCUT2D eigenvalue weighted by molar-refractivity contribution is 0.317. The molecular weight excluding hydrogens is 184 g/mol. The van der Waals surface area contributed by atoms with E-state index in [2.05, 4.69) is 38.1 Å². The van der Waals surface area contributed by atoms with Gasteiger partial charge in [0.1, 0.15) is 5.75 Å². The molecular formula is C14H20O. The first-order valence-corrected chi connectivity index (χ1v) is 5.70. The van der Waals surface area contributed by atoms with Crippen molar-refractivity contribution in [1.82, 2.24) is 0 Å². The van der Waals surface area contributed by atoms with Gasteiger partial charge < -0.3 is 4.74 Å². The van der Waals surface area contributed by atoms with Crippen LogP contribution in [0.4, 0.5) is 0 Å². The molecule has 0 unspecified atom stereocenters. The van der Waals surface area contributed by atoms with Crippen LogP contribution in [0.2, 0.25) is 0 Å². The Kier molecular flexibility index (Phi) is 4.96. The van der Waals surface area contributed by atoms with Crippen LogP contribution in [0.1, 0.15) is 38.3 Å². The third-order valence-corrected chi connectivity index (χ3v) is 2.31. The highest BCUT2D eigenvalue weighted by Crippen LogP contribution is 2.19. The molecule has 1 heteroatoms. The smallest absolute Gasteiger partial charge is 0.119 e. The maximum atomic E-state index is 5.61. The second kappa shape index (κ2) is 6.28.